The zero-order valence-corrected chi connectivity index (χ0v) is 11.1. The number of ether oxygens (including phenoxy) is 1. The third-order valence-corrected chi connectivity index (χ3v) is 3.43. The molecule has 2 heterocycles. The number of carbonyl (C=O) groups is 2. The number of rotatable bonds is 4. The van der Waals surface area contributed by atoms with E-state index in [4.69, 9.17) is 4.74 Å². The smallest absolute Gasteiger partial charge is 0.357 e. The van der Waals surface area contributed by atoms with Crippen LogP contribution >= 0.6 is 22.7 Å². The van der Waals surface area contributed by atoms with E-state index >= 15 is 0 Å². The molecule has 0 aliphatic rings. The Morgan fingerprint density at radius 2 is 2.28 bits per heavy atom. The Labute approximate surface area is 111 Å². The van der Waals surface area contributed by atoms with Gasteiger partial charge in [0, 0.05) is 10.8 Å². The number of hydrogen-bond acceptors (Lipinski definition) is 6. The molecule has 2 aromatic rings. The second-order valence-electron chi connectivity index (χ2n) is 3.22. The zero-order valence-electron chi connectivity index (χ0n) is 9.50. The number of anilines is 1. The van der Waals surface area contributed by atoms with Gasteiger partial charge in [-0.3, -0.25) is 10.1 Å². The lowest BCUT2D eigenvalue weighted by Crippen LogP contribution is -2.11. The number of carbonyl (C=O) groups excluding carboxylic acids is 2. The van der Waals surface area contributed by atoms with Gasteiger partial charge in [0.05, 0.1) is 12.2 Å². The maximum Gasteiger partial charge on any atom is 0.357 e. The molecule has 0 fully saturated rings. The standard InChI is InChI=1S/C11H10N2O3S2/c1-2-16-10(15)8-6-18-11(12-8)13-9(14)7-3-4-17-5-7/h3-6H,2H2,1H3,(H,12,13,14). The van der Waals surface area contributed by atoms with Crippen molar-refractivity contribution in [2.45, 2.75) is 6.92 Å². The van der Waals surface area contributed by atoms with Crippen LogP contribution in [0.2, 0.25) is 0 Å². The third kappa shape index (κ3) is 2.93. The van der Waals surface area contributed by atoms with Crippen molar-refractivity contribution in [1.29, 1.82) is 0 Å². The topological polar surface area (TPSA) is 68.3 Å². The SMILES string of the molecule is CCOC(=O)c1csc(NC(=O)c2ccsc2)n1. The number of aromatic nitrogens is 1. The molecule has 1 amide bonds. The first kappa shape index (κ1) is 12.7. The van der Waals surface area contributed by atoms with Gasteiger partial charge in [-0.05, 0) is 18.4 Å². The molecule has 0 unspecified atom stereocenters. The number of thiophene rings is 1. The summed E-state index contributed by atoms with van der Waals surface area (Å²) in [6.07, 6.45) is 0. The molecular formula is C11H10N2O3S2. The van der Waals surface area contributed by atoms with Gasteiger partial charge in [0.25, 0.3) is 5.91 Å². The van der Waals surface area contributed by atoms with Crippen LogP contribution in [0.15, 0.2) is 22.2 Å². The second-order valence-corrected chi connectivity index (χ2v) is 4.86. The molecule has 0 aliphatic carbocycles. The Morgan fingerprint density at radius 1 is 1.44 bits per heavy atom. The van der Waals surface area contributed by atoms with Crippen LogP contribution in [0, 0.1) is 0 Å². The molecule has 18 heavy (non-hydrogen) atoms. The number of amides is 1. The Bertz CT molecular complexity index is 548. The maximum atomic E-state index is 11.7. The Kier molecular flexibility index (Phi) is 4.06. The summed E-state index contributed by atoms with van der Waals surface area (Å²) in [4.78, 5) is 27.1. The molecule has 0 spiro atoms. The van der Waals surface area contributed by atoms with E-state index in [0.717, 1.165) is 0 Å². The third-order valence-electron chi connectivity index (χ3n) is 1.99. The van der Waals surface area contributed by atoms with Crippen molar-refractivity contribution in [2.75, 3.05) is 11.9 Å². The fourth-order valence-corrected chi connectivity index (χ4v) is 2.50. The molecule has 94 valence electrons. The molecule has 7 heteroatoms. The molecule has 5 nitrogen and oxygen atoms in total. The van der Waals surface area contributed by atoms with Crippen molar-refractivity contribution in [1.82, 2.24) is 4.98 Å². The highest BCUT2D eigenvalue weighted by atomic mass is 32.1. The number of thiazole rings is 1. The number of hydrogen-bond donors (Lipinski definition) is 1. The summed E-state index contributed by atoms with van der Waals surface area (Å²) < 4.78 is 4.81. The van der Waals surface area contributed by atoms with Crippen LogP contribution in [0.25, 0.3) is 0 Å². The number of esters is 1. The van der Waals surface area contributed by atoms with Gasteiger partial charge in [0.1, 0.15) is 0 Å². The minimum Gasteiger partial charge on any atom is -0.461 e. The van der Waals surface area contributed by atoms with Gasteiger partial charge in [-0.1, -0.05) is 0 Å². The van der Waals surface area contributed by atoms with Crippen LogP contribution in [-0.2, 0) is 4.74 Å². The van der Waals surface area contributed by atoms with Crippen LogP contribution in [0.4, 0.5) is 5.13 Å². The first-order chi connectivity index (χ1) is 8.70. The molecule has 0 saturated heterocycles. The van der Waals surface area contributed by atoms with Gasteiger partial charge in [-0.25, -0.2) is 9.78 Å². The monoisotopic (exact) mass is 282 g/mol. The van der Waals surface area contributed by atoms with Gasteiger partial charge < -0.3 is 4.74 Å². The zero-order chi connectivity index (χ0) is 13.0. The number of nitrogens with one attached hydrogen (secondary N) is 1. The highest BCUT2D eigenvalue weighted by Crippen LogP contribution is 2.17. The highest BCUT2D eigenvalue weighted by molar-refractivity contribution is 7.14. The fraction of sp³-hybridized carbons (Fsp3) is 0.182. The summed E-state index contributed by atoms with van der Waals surface area (Å²) in [6.45, 7) is 2.02. The van der Waals surface area contributed by atoms with Crippen LogP contribution in [-0.4, -0.2) is 23.5 Å². The molecule has 0 aliphatic heterocycles. The molecule has 0 radical (unpaired) electrons. The van der Waals surface area contributed by atoms with Crippen molar-refractivity contribution >= 4 is 39.7 Å². The van der Waals surface area contributed by atoms with E-state index in [1.54, 1.807) is 23.8 Å². The van der Waals surface area contributed by atoms with Crippen molar-refractivity contribution in [2.24, 2.45) is 0 Å². The Hall–Kier alpha value is -1.73. The van der Waals surface area contributed by atoms with Crippen LogP contribution in [0.3, 0.4) is 0 Å². The Morgan fingerprint density at radius 3 is 2.94 bits per heavy atom. The lowest BCUT2D eigenvalue weighted by Gasteiger charge is -1.98. The highest BCUT2D eigenvalue weighted by Gasteiger charge is 2.13. The van der Waals surface area contributed by atoms with E-state index in [2.05, 4.69) is 10.3 Å². The van der Waals surface area contributed by atoms with E-state index in [1.807, 2.05) is 5.38 Å². The number of nitrogens with zero attached hydrogens (tertiary/aromatic N) is 1. The van der Waals surface area contributed by atoms with Gasteiger partial charge >= 0.3 is 5.97 Å². The van der Waals surface area contributed by atoms with Crippen molar-refractivity contribution in [3.63, 3.8) is 0 Å². The molecule has 0 saturated carbocycles. The Balaban J connectivity index is 2.03. The van der Waals surface area contributed by atoms with Crippen molar-refractivity contribution in [3.8, 4) is 0 Å². The van der Waals surface area contributed by atoms with Crippen molar-refractivity contribution < 1.29 is 14.3 Å². The maximum absolute atomic E-state index is 11.7. The summed E-state index contributed by atoms with van der Waals surface area (Å²) in [7, 11) is 0. The second kappa shape index (κ2) is 5.74. The van der Waals surface area contributed by atoms with Crippen LogP contribution in [0.1, 0.15) is 27.8 Å². The largest absolute Gasteiger partial charge is 0.461 e. The van der Waals surface area contributed by atoms with Crippen LogP contribution < -0.4 is 5.32 Å². The molecule has 2 rings (SSSR count). The average Bonchev–Trinajstić information content (AvgIpc) is 2.99. The van der Waals surface area contributed by atoms with Gasteiger partial charge in [0.2, 0.25) is 0 Å². The summed E-state index contributed by atoms with van der Waals surface area (Å²) in [5, 5.41) is 8.13. The molecule has 2 aromatic heterocycles. The van der Waals surface area contributed by atoms with Gasteiger partial charge in [-0.2, -0.15) is 11.3 Å². The van der Waals surface area contributed by atoms with Gasteiger partial charge in [-0.15, -0.1) is 11.3 Å². The first-order valence-electron chi connectivity index (χ1n) is 5.17. The van der Waals surface area contributed by atoms with E-state index in [1.165, 1.54) is 22.7 Å². The molecular weight excluding hydrogens is 272 g/mol. The lowest BCUT2D eigenvalue weighted by atomic mass is 10.3. The predicted molar refractivity (Wildman–Crippen MR) is 70.3 cm³/mol. The molecule has 0 atom stereocenters. The van der Waals surface area contributed by atoms with Crippen LogP contribution in [0.5, 0.6) is 0 Å². The quantitative estimate of drug-likeness (QED) is 0.875. The minimum atomic E-state index is -0.482. The van der Waals surface area contributed by atoms with Crippen molar-refractivity contribution in [3.05, 3.63) is 33.5 Å². The molecule has 0 bridgehead atoms. The summed E-state index contributed by atoms with van der Waals surface area (Å²) in [6, 6.07) is 1.72. The molecule has 1 N–H and O–H groups in total. The lowest BCUT2D eigenvalue weighted by molar-refractivity contribution is 0.0520. The minimum absolute atomic E-state index is 0.211. The summed E-state index contributed by atoms with van der Waals surface area (Å²) in [5.41, 5.74) is 0.787. The fourth-order valence-electron chi connectivity index (χ4n) is 1.19. The molecule has 0 aromatic carbocycles. The normalized spacial score (nSPS) is 10.1. The summed E-state index contributed by atoms with van der Waals surface area (Å²) in [5.74, 6) is -0.717. The van der Waals surface area contributed by atoms with Gasteiger partial charge in [0.15, 0.2) is 10.8 Å². The predicted octanol–water partition coefficient (Wildman–Crippen LogP) is 2.63. The average molecular weight is 282 g/mol. The van der Waals surface area contributed by atoms with E-state index in [-0.39, 0.29) is 11.6 Å². The van der Waals surface area contributed by atoms with E-state index in [9.17, 15) is 9.59 Å². The first-order valence-corrected chi connectivity index (χ1v) is 6.99. The summed E-state index contributed by atoms with van der Waals surface area (Å²) >= 11 is 2.63. The van der Waals surface area contributed by atoms with E-state index < -0.39 is 5.97 Å². The van der Waals surface area contributed by atoms with E-state index in [0.29, 0.717) is 17.3 Å².